The number of rotatable bonds is 7. The number of anilines is 1. The maximum absolute atomic E-state index is 12.9. The van der Waals surface area contributed by atoms with Crippen LogP contribution in [0.4, 0.5) is 5.69 Å². The Kier molecular flexibility index (Phi) is 32.5. The molecule has 3 rings (SSSR count). The van der Waals surface area contributed by atoms with E-state index in [0.29, 0.717) is 5.92 Å². The number of β-lactam (4-membered cyclic amide) rings is 1. The third-order valence-electron chi connectivity index (χ3n) is 5.29. The van der Waals surface area contributed by atoms with Gasteiger partial charge in [-0.15, -0.1) is 6.58 Å². The van der Waals surface area contributed by atoms with E-state index in [4.69, 9.17) is 0 Å². The summed E-state index contributed by atoms with van der Waals surface area (Å²) in [5.41, 5.74) is 3.30. The van der Waals surface area contributed by atoms with Gasteiger partial charge in [-0.3, -0.25) is 4.79 Å². The molecule has 0 aromatic heterocycles. The normalized spacial score (nSPS) is 15.2. The molecule has 1 heterocycles. The summed E-state index contributed by atoms with van der Waals surface area (Å²) in [5, 5.41) is 0. The zero-order valence-electron chi connectivity index (χ0n) is 25.4. The van der Waals surface area contributed by atoms with E-state index in [1.54, 1.807) is 12.3 Å². The number of para-hydroxylation sites is 1. The highest BCUT2D eigenvalue weighted by atomic mass is 32.1. The average Bonchev–Trinajstić information content (AvgIpc) is 2.97. The first-order valence-corrected chi connectivity index (χ1v) is 14.7. The van der Waals surface area contributed by atoms with Gasteiger partial charge in [0.2, 0.25) is 5.91 Å². The Morgan fingerprint density at radius 3 is 1.76 bits per heavy atom. The van der Waals surface area contributed by atoms with Gasteiger partial charge in [-0.2, -0.15) is 12.6 Å². The summed E-state index contributed by atoms with van der Waals surface area (Å²) in [6.45, 7) is 25.7. The Hall–Kier alpha value is -2.52. The molecule has 38 heavy (non-hydrogen) atoms. The molecule has 3 heteroatoms. The van der Waals surface area contributed by atoms with Crippen LogP contribution in [0.25, 0.3) is 0 Å². The third kappa shape index (κ3) is 14.4. The number of carbonyl (C=O) groups excluding carboxylic acids is 1. The minimum Gasteiger partial charge on any atom is -0.304 e. The molecule has 3 atom stereocenters. The van der Waals surface area contributed by atoms with E-state index in [1.807, 2.05) is 109 Å². The molecular weight excluding hydrogens is 482 g/mol. The summed E-state index contributed by atoms with van der Waals surface area (Å²) >= 11 is 3.53. The van der Waals surface area contributed by atoms with Crippen molar-refractivity contribution in [3.05, 3.63) is 103 Å². The minimum atomic E-state index is 0. The van der Waals surface area contributed by atoms with Crippen molar-refractivity contribution in [3.63, 3.8) is 0 Å². The second-order valence-corrected chi connectivity index (χ2v) is 7.47. The lowest BCUT2D eigenvalue weighted by molar-refractivity contribution is -0.129. The van der Waals surface area contributed by atoms with Gasteiger partial charge in [-0.1, -0.05) is 129 Å². The average molecular weight is 542 g/mol. The minimum absolute atomic E-state index is 0. The molecule has 0 spiro atoms. The summed E-state index contributed by atoms with van der Waals surface area (Å²) < 4.78 is 0. The molecule has 2 aromatic rings. The van der Waals surface area contributed by atoms with E-state index in [9.17, 15) is 4.79 Å². The molecule has 1 aliphatic rings. The number of allylic oxidation sites excluding steroid dienone is 2. The molecule has 0 N–H and O–H groups in total. The van der Waals surface area contributed by atoms with Crippen LogP contribution >= 0.6 is 12.6 Å². The Morgan fingerprint density at radius 1 is 0.921 bits per heavy atom. The lowest BCUT2D eigenvalue weighted by Crippen LogP contribution is -2.61. The predicted molar refractivity (Wildman–Crippen MR) is 181 cm³/mol. The monoisotopic (exact) mass is 541 g/mol. The van der Waals surface area contributed by atoms with Gasteiger partial charge in [-0.25, -0.2) is 0 Å². The highest BCUT2D eigenvalue weighted by Gasteiger charge is 2.48. The molecule has 0 radical (unpaired) electrons. The lowest BCUT2D eigenvalue weighted by atomic mass is 9.77. The fourth-order valence-electron chi connectivity index (χ4n) is 3.82. The summed E-state index contributed by atoms with van der Waals surface area (Å²) in [4.78, 5) is 14.8. The van der Waals surface area contributed by atoms with Crippen LogP contribution in [-0.4, -0.2) is 18.2 Å². The SMILES string of the molecule is C.C=C(/C=C\C)C1C(CCC(C)c2ccccc2)C(=O)N1c1ccccc1.C=CC.CC.CC.CC.CS. The van der Waals surface area contributed by atoms with Gasteiger partial charge in [0.15, 0.2) is 0 Å². The van der Waals surface area contributed by atoms with E-state index < -0.39 is 0 Å². The number of carbonyl (C=O) groups is 1. The molecule has 1 amide bonds. The highest BCUT2D eigenvalue weighted by Crippen LogP contribution is 2.40. The van der Waals surface area contributed by atoms with Crippen LogP contribution in [0.5, 0.6) is 0 Å². The van der Waals surface area contributed by atoms with Crippen LogP contribution in [-0.2, 0) is 4.79 Å². The first-order valence-electron chi connectivity index (χ1n) is 13.8. The number of nitrogens with zero attached hydrogens (tertiary/aromatic N) is 1. The largest absolute Gasteiger partial charge is 0.304 e. The van der Waals surface area contributed by atoms with Crippen LogP contribution < -0.4 is 4.90 Å². The molecule has 2 aromatic carbocycles. The molecule has 1 aliphatic heterocycles. The van der Waals surface area contributed by atoms with Gasteiger partial charge in [0.05, 0.1) is 12.0 Å². The van der Waals surface area contributed by atoms with Gasteiger partial charge in [-0.05, 0) is 62.1 Å². The maximum atomic E-state index is 12.9. The van der Waals surface area contributed by atoms with Crippen LogP contribution in [0.15, 0.2) is 97.6 Å². The zero-order chi connectivity index (χ0) is 29.2. The van der Waals surface area contributed by atoms with Crippen molar-refractivity contribution in [1.82, 2.24) is 0 Å². The Labute approximate surface area is 243 Å². The zero-order valence-corrected chi connectivity index (χ0v) is 26.3. The van der Waals surface area contributed by atoms with Crippen LogP contribution in [0.2, 0.25) is 0 Å². The Bertz CT molecular complexity index is 830. The molecule has 0 aliphatic carbocycles. The smallest absolute Gasteiger partial charge is 0.233 e. The van der Waals surface area contributed by atoms with Crippen molar-refractivity contribution >= 4 is 24.2 Å². The molecular formula is C35H59NOS. The fraction of sp³-hybridized carbons (Fsp3) is 0.457. The molecule has 0 bridgehead atoms. The van der Waals surface area contributed by atoms with Crippen LogP contribution in [0.3, 0.4) is 0 Å². The Balaban J connectivity index is -0.000000425. The van der Waals surface area contributed by atoms with Crippen molar-refractivity contribution in [3.8, 4) is 0 Å². The first kappa shape index (κ1) is 42.6. The molecule has 1 fully saturated rings. The van der Waals surface area contributed by atoms with E-state index >= 15 is 0 Å². The molecule has 2 nitrogen and oxygen atoms in total. The number of benzene rings is 2. The van der Waals surface area contributed by atoms with E-state index in [0.717, 1.165) is 24.1 Å². The quantitative estimate of drug-likeness (QED) is 0.160. The maximum Gasteiger partial charge on any atom is 0.233 e. The topological polar surface area (TPSA) is 20.3 Å². The van der Waals surface area contributed by atoms with Gasteiger partial charge < -0.3 is 4.90 Å². The molecule has 3 unspecified atom stereocenters. The van der Waals surface area contributed by atoms with E-state index in [-0.39, 0.29) is 25.3 Å². The second-order valence-electron chi connectivity index (χ2n) is 7.47. The molecule has 0 saturated carbocycles. The number of thiol groups is 1. The first-order chi connectivity index (χ1) is 18.0. The van der Waals surface area contributed by atoms with Gasteiger partial charge in [0, 0.05) is 5.69 Å². The Morgan fingerprint density at radius 2 is 1.34 bits per heavy atom. The van der Waals surface area contributed by atoms with Crippen molar-refractivity contribution in [2.24, 2.45) is 5.92 Å². The van der Waals surface area contributed by atoms with E-state index in [1.165, 1.54) is 5.56 Å². The second kappa shape index (κ2) is 29.0. The van der Waals surface area contributed by atoms with Crippen molar-refractivity contribution in [1.29, 1.82) is 0 Å². The standard InChI is InChI=1S/C24H27NO.C3H6.3C2H6.CH4S.CH4/c1-4-11-19(3)23-22(17-16-18(2)20-12-7-5-8-13-20)24(26)25(23)21-14-9-6-10-15-21;1-3-2;4*1-2;/h4-15,18,22-23H,3,16-17H2,1-2H3;3H,1H2,2H3;3*1-2H3;2H,1H3;1H4/b11-4-;;;;;;. The summed E-state index contributed by atoms with van der Waals surface area (Å²) in [7, 11) is 0. The predicted octanol–water partition coefficient (Wildman–Crippen LogP) is 11.2. The van der Waals surface area contributed by atoms with Gasteiger partial charge in [0.25, 0.3) is 0 Å². The van der Waals surface area contributed by atoms with E-state index in [2.05, 4.69) is 57.0 Å². The third-order valence-corrected chi connectivity index (χ3v) is 5.29. The summed E-state index contributed by atoms with van der Waals surface area (Å²) in [6.07, 6.45) is 9.36. The highest BCUT2D eigenvalue weighted by molar-refractivity contribution is 7.79. The summed E-state index contributed by atoms with van der Waals surface area (Å²) in [5.74, 6) is 0.683. The molecule has 1 saturated heterocycles. The number of hydrogen-bond acceptors (Lipinski definition) is 2. The lowest BCUT2D eigenvalue weighted by Gasteiger charge is -2.48. The van der Waals surface area contributed by atoms with Crippen molar-refractivity contribution in [2.75, 3.05) is 11.2 Å². The van der Waals surface area contributed by atoms with Crippen LogP contribution in [0.1, 0.15) is 94.1 Å². The number of amides is 1. The molecule has 216 valence electrons. The van der Waals surface area contributed by atoms with Gasteiger partial charge in [0.1, 0.15) is 0 Å². The fourth-order valence-corrected chi connectivity index (χ4v) is 3.82. The number of hydrogen-bond donors (Lipinski definition) is 1. The summed E-state index contributed by atoms with van der Waals surface area (Å²) in [6, 6.07) is 20.5. The van der Waals surface area contributed by atoms with Gasteiger partial charge >= 0.3 is 0 Å². The van der Waals surface area contributed by atoms with Crippen molar-refractivity contribution < 1.29 is 4.79 Å². The van der Waals surface area contributed by atoms with Crippen LogP contribution in [0, 0.1) is 5.92 Å². The van der Waals surface area contributed by atoms with Crippen molar-refractivity contribution in [2.45, 2.75) is 94.5 Å².